The van der Waals surface area contributed by atoms with E-state index in [2.05, 4.69) is 59.0 Å². The van der Waals surface area contributed by atoms with Crippen LogP contribution in [0.5, 0.6) is 11.5 Å². The molecule has 1 aliphatic rings. The number of amides is 1. The number of rotatable bonds is 7. The molecule has 8 nitrogen and oxygen atoms in total. The summed E-state index contributed by atoms with van der Waals surface area (Å²) < 4.78 is 13.2. The fourth-order valence-electron chi connectivity index (χ4n) is 5.16. The Hall–Kier alpha value is -4.85. The van der Waals surface area contributed by atoms with Gasteiger partial charge in [0.15, 0.2) is 23.8 Å². The monoisotopic (exact) mass is 533 g/mol. The maximum absolute atomic E-state index is 13.0. The first-order chi connectivity index (χ1) is 19.6. The van der Waals surface area contributed by atoms with Gasteiger partial charge in [-0.25, -0.2) is 9.97 Å². The highest BCUT2D eigenvalue weighted by Crippen LogP contribution is 2.37. The van der Waals surface area contributed by atoms with E-state index in [4.69, 9.17) is 19.4 Å². The third-order valence-electron chi connectivity index (χ3n) is 7.31. The van der Waals surface area contributed by atoms with E-state index in [-0.39, 0.29) is 12.5 Å². The molecule has 3 heterocycles. The standard InChI is InChI=1S/C32H31N5O3/c1-23-12-14-25(15-13-23)37-20-26(24-8-4-3-5-9-24)30-31(33-22-34-32(30)37)36-18-16-35(17-19-36)29(38)21-40-28-11-7-6-10-27(28)39-2/h3-15,20,22H,16-19,21H2,1-2H3. The van der Waals surface area contributed by atoms with Crippen molar-refractivity contribution >= 4 is 22.8 Å². The van der Waals surface area contributed by atoms with Gasteiger partial charge in [-0.15, -0.1) is 0 Å². The van der Waals surface area contributed by atoms with Crippen LogP contribution in [0.25, 0.3) is 27.8 Å². The highest BCUT2D eigenvalue weighted by Gasteiger charge is 2.26. The first-order valence-electron chi connectivity index (χ1n) is 13.4. The van der Waals surface area contributed by atoms with Crippen molar-refractivity contribution in [3.63, 3.8) is 0 Å². The Kier molecular flexibility index (Phi) is 7.06. The molecule has 0 saturated carbocycles. The van der Waals surface area contributed by atoms with Crippen molar-refractivity contribution in [2.75, 3.05) is 44.8 Å². The molecule has 0 bridgehead atoms. The predicted octanol–water partition coefficient (Wildman–Crippen LogP) is 5.13. The molecule has 0 radical (unpaired) electrons. The van der Waals surface area contributed by atoms with Gasteiger partial charge >= 0.3 is 0 Å². The minimum absolute atomic E-state index is 0.0321. The van der Waals surface area contributed by atoms with Gasteiger partial charge in [0.2, 0.25) is 0 Å². The third kappa shape index (κ3) is 4.96. The summed E-state index contributed by atoms with van der Waals surface area (Å²) in [5.74, 6) is 2.01. The van der Waals surface area contributed by atoms with E-state index >= 15 is 0 Å². The zero-order chi connectivity index (χ0) is 27.5. The minimum Gasteiger partial charge on any atom is -0.493 e. The Morgan fingerprint density at radius 1 is 0.850 bits per heavy atom. The Morgan fingerprint density at radius 3 is 2.27 bits per heavy atom. The fourth-order valence-corrected chi connectivity index (χ4v) is 5.16. The number of aromatic nitrogens is 3. The molecule has 8 heteroatoms. The van der Waals surface area contributed by atoms with Crippen molar-refractivity contribution in [2.45, 2.75) is 6.92 Å². The maximum atomic E-state index is 13.0. The molecule has 202 valence electrons. The lowest BCUT2D eigenvalue weighted by atomic mass is 10.1. The summed E-state index contributed by atoms with van der Waals surface area (Å²) >= 11 is 0. The van der Waals surface area contributed by atoms with Gasteiger partial charge in [-0.05, 0) is 36.8 Å². The van der Waals surface area contributed by atoms with E-state index in [9.17, 15) is 4.79 Å². The lowest BCUT2D eigenvalue weighted by Gasteiger charge is -2.35. The number of ether oxygens (including phenoxy) is 2. The molecule has 0 spiro atoms. The predicted molar refractivity (Wildman–Crippen MR) is 156 cm³/mol. The first-order valence-corrected chi connectivity index (χ1v) is 13.4. The number of fused-ring (bicyclic) bond motifs is 1. The van der Waals surface area contributed by atoms with E-state index in [0.29, 0.717) is 37.7 Å². The number of carbonyl (C=O) groups excluding carboxylic acids is 1. The minimum atomic E-state index is -0.0473. The van der Waals surface area contributed by atoms with Crippen LogP contribution in [0.3, 0.4) is 0 Å². The molecule has 1 aliphatic heterocycles. The van der Waals surface area contributed by atoms with E-state index in [0.717, 1.165) is 33.7 Å². The number of aryl methyl sites for hydroxylation is 1. The van der Waals surface area contributed by atoms with Crippen molar-refractivity contribution in [3.8, 4) is 28.3 Å². The van der Waals surface area contributed by atoms with E-state index in [1.807, 2.05) is 41.3 Å². The number of hydrogen-bond donors (Lipinski definition) is 0. The van der Waals surface area contributed by atoms with Crippen LogP contribution >= 0.6 is 0 Å². The molecule has 0 aliphatic carbocycles. The van der Waals surface area contributed by atoms with Crippen LogP contribution in [-0.4, -0.2) is 65.2 Å². The molecule has 0 atom stereocenters. The molecule has 1 amide bonds. The zero-order valence-electron chi connectivity index (χ0n) is 22.7. The summed E-state index contributed by atoms with van der Waals surface area (Å²) in [6.45, 7) is 4.54. The van der Waals surface area contributed by atoms with Crippen molar-refractivity contribution < 1.29 is 14.3 Å². The van der Waals surface area contributed by atoms with Crippen LogP contribution < -0.4 is 14.4 Å². The lowest BCUT2D eigenvalue weighted by molar-refractivity contribution is -0.133. The second-order valence-corrected chi connectivity index (χ2v) is 9.82. The van der Waals surface area contributed by atoms with Gasteiger partial charge in [-0.2, -0.15) is 0 Å². The Labute approximate surface area is 233 Å². The van der Waals surface area contributed by atoms with E-state index in [1.165, 1.54) is 5.56 Å². The van der Waals surface area contributed by atoms with Crippen LogP contribution in [0, 0.1) is 6.92 Å². The van der Waals surface area contributed by atoms with Crippen molar-refractivity contribution in [1.29, 1.82) is 0 Å². The largest absolute Gasteiger partial charge is 0.493 e. The molecule has 1 saturated heterocycles. The van der Waals surface area contributed by atoms with Gasteiger partial charge in [0.05, 0.1) is 12.5 Å². The normalized spacial score (nSPS) is 13.4. The number of methoxy groups -OCH3 is 1. The van der Waals surface area contributed by atoms with E-state index < -0.39 is 0 Å². The second-order valence-electron chi connectivity index (χ2n) is 9.82. The molecular weight excluding hydrogens is 502 g/mol. The number of para-hydroxylation sites is 2. The van der Waals surface area contributed by atoms with Gasteiger partial charge in [0.25, 0.3) is 5.91 Å². The molecule has 40 heavy (non-hydrogen) atoms. The van der Waals surface area contributed by atoms with Crippen molar-refractivity contribution in [2.24, 2.45) is 0 Å². The molecule has 0 N–H and O–H groups in total. The number of nitrogens with zero attached hydrogens (tertiary/aromatic N) is 5. The van der Waals surface area contributed by atoms with Gasteiger partial charge in [-0.1, -0.05) is 60.2 Å². The Balaban J connectivity index is 1.26. The summed E-state index contributed by atoms with van der Waals surface area (Å²) in [5, 5.41) is 1.01. The average molecular weight is 534 g/mol. The second kappa shape index (κ2) is 11.1. The SMILES string of the molecule is COc1ccccc1OCC(=O)N1CCN(c2ncnc3c2c(-c2ccccc2)cn3-c2ccc(C)cc2)CC1. The van der Waals surface area contributed by atoms with Gasteiger partial charge < -0.3 is 23.8 Å². The molecule has 0 unspecified atom stereocenters. The molecule has 5 aromatic rings. The number of anilines is 1. The van der Waals surface area contributed by atoms with Gasteiger partial charge in [-0.3, -0.25) is 4.79 Å². The smallest absolute Gasteiger partial charge is 0.260 e. The summed E-state index contributed by atoms with van der Waals surface area (Å²) in [6.07, 6.45) is 3.79. The highest BCUT2D eigenvalue weighted by molar-refractivity contribution is 6.02. The number of piperazine rings is 1. The highest BCUT2D eigenvalue weighted by atomic mass is 16.5. The van der Waals surface area contributed by atoms with Gasteiger partial charge in [0, 0.05) is 43.6 Å². The fraction of sp³-hybridized carbons (Fsp3) is 0.219. The lowest BCUT2D eigenvalue weighted by Crippen LogP contribution is -2.50. The van der Waals surface area contributed by atoms with Crippen LogP contribution in [0.4, 0.5) is 5.82 Å². The van der Waals surface area contributed by atoms with Crippen LogP contribution in [0.15, 0.2) is 91.4 Å². The Morgan fingerprint density at radius 2 is 1.55 bits per heavy atom. The van der Waals surface area contributed by atoms with Crippen molar-refractivity contribution in [3.05, 3.63) is 97.0 Å². The topological polar surface area (TPSA) is 72.7 Å². The van der Waals surface area contributed by atoms with Crippen LogP contribution in [0.1, 0.15) is 5.56 Å². The molecule has 2 aromatic heterocycles. The summed E-state index contributed by atoms with van der Waals surface area (Å²) in [5.41, 5.74) is 5.30. The Bertz CT molecular complexity index is 1620. The van der Waals surface area contributed by atoms with Gasteiger partial charge in [0.1, 0.15) is 12.1 Å². The quantitative estimate of drug-likeness (QED) is 0.289. The maximum Gasteiger partial charge on any atom is 0.260 e. The summed E-state index contributed by atoms with van der Waals surface area (Å²) in [4.78, 5) is 26.5. The third-order valence-corrected chi connectivity index (χ3v) is 7.31. The van der Waals surface area contributed by atoms with Crippen LogP contribution in [-0.2, 0) is 4.79 Å². The molecule has 1 fully saturated rings. The zero-order valence-corrected chi connectivity index (χ0v) is 22.7. The van der Waals surface area contributed by atoms with Crippen LogP contribution in [0.2, 0.25) is 0 Å². The number of hydrogen-bond acceptors (Lipinski definition) is 6. The van der Waals surface area contributed by atoms with Crippen molar-refractivity contribution in [1.82, 2.24) is 19.4 Å². The number of carbonyl (C=O) groups is 1. The molecular formula is C32H31N5O3. The summed E-state index contributed by atoms with van der Waals surface area (Å²) in [7, 11) is 1.59. The van der Waals surface area contributed by atoms with E-state index in [1.54, 1.807) is 19.5 Å². The molecule has 6 rings (SSSR count). The summed E-state index contributed by atoms with van der Waals surface area (Å²) in [6, 6.07) is 26.1. The average Bonchev–Trinajstić information content (AvgIpc) is 3.41. The number of benzene rings is 3. The molecule has 3 aromatic carbocycles. The first kappa shape index (κ1) is 25.4.